The van der Waals surface area contributed by atoms with Crippen LogP contribution in [0.1, 0.15) is 0 Å². The Morgan fingerprint density at radius 1 is 1.03 bits per heavy atom. The molecule has 2 aromatic rings. The van der Waals surface area contributed by atoms with E-state index in [4.69, 9.17) is 21.1 Å². The molecule has 0 aliphatic carbocycles. The van der Waals surface area contributed by atoms with Gasteiger partial charge in [-0.1, -0.05) is 11.6 Å². The van der Waals surface area contributed by atoms with E-state index in [1.54, 1.807) is 49.6 Å². The van der Waals surface area contributed by atoms with Crippen molar-refractivity contribution in [2.24, 2.45) is 0 Å². The van der Waals surface area contributed by atoms with Crippen LogP contribution in [0, 0.1) is 0 Å². The van der Waals surface area contributed by atoms with Gasteiger partial charge in [-0.15, -0.1) is 0 Å². The van der Waals surface area contributed by atoms with Gasteiger partial charge in [-0.25, -0.2) is 0 Å². The largest absolute Gasteiger partial charge is 0.497 e. The van der Waals surface area contributed by atoms with Gasteiger partial charge < -0.3 is 24.6 Å². The topological polar surface area (TPSA) is 88.2 Å². The molecule has 1 N–H and O–H groups in total. The number of benzene rings is 2. The smallest absolute Gasteiger partial charge is 0.316 e. The van der Waals surface area contributed by atoms with Crippen LogP contribution in [0.3, 0.4) is 0 Å². The molecular formula is C20H20ClN3O5. The summed E-state index contributed by atoms with van der Waals surface area (Å²) < 4.78 is 10.3. The molecule has 3 amide bonds. The number of ether oxygens (including phenoxy) is 2. The van der Waals surface area contributed by atoms with Gasteiger partial charge >= 0.3 is 11.8 Å². The number of carbonyl (C=O) groups is 3. The maximum absolute atomic E-state index is 12.5. The molecule has 1 aliphatic heterocycles. The molecule has 29 heavy (non-hydrogen) atoms. The van der Waals surface area contributed by atoms with Crippen LogP contribution in [-0.2, 0) is 14.4 Å². The fourth-order valence-electron chi connectivity index (χ4n) is 2.97. The van der Waals surface area contributed by atoms with Gasteiger partial charge in [0.25, 0.3) is 0 Å². The first-order valence-electron chi connectivity index (χ1n) is 8.81. The van der Waals surface area contributed by atoms with Crippen molar-refractivity contribution in [2.75, 3.05) is 44.1 Å². The Morgan fingerprint density at radius 2 is 1.76 bits per heavy atom. The maximum Gasteiger partial charge on any atom is 0.316 e. The van der Waals surface area contributed by atoms with E-state index in [1.807, 2.05) is 0 Å². The van der Waals surface area contributed by atoms with Gasteiger partial charge in [-0.2, -0.15) is 0 Å². The number of halogens is 1. The molecule has 0 radical (unpaired) electrons. The van der Waals surface area contributed by atoms with Crippen molar-refractivity contribution in [1.82, 2.24) is 4.90 Å². The molecule has 2 aromatic carbocycles. The van der Waals surface area contributed by atoms with Crippen LogP contribution in [0.2, 0.25) is 5.02 Å². The second-order valence-electron chi connectivity index (χ2n) is 6.27. The molecule has 9 heteroatoms. The lowest BCUT2D eigenvalue weighted by atomic mass is 10.2. The van der Waals surface area contributed by atoms with Crippen molar-refractivity contribution in [1.29, 1.82) is 0 Å². The highest BCUT2D eigenvalue weighted by Crippen LogP contribution is 2.27. The van der Waals surface area contributed by atoms with Gasteiger partial charge in [0.05, 0.1) is 19.9 Å². The fraction of sp³-hybridized carbons (Fsp3) is 0.250. The van der Waals surface area contributed by atoms with Crippen molar-refractivity contribution in [2.45, 2.75) is 0 Å². The van der Waals surface area contributed by atoms with Gasteiger partial charge in [0.1, 0.15) is 18.0 Å². The number of rotatable bonds is 6. The molecule has 1 aliphatic rings. The fourth-order valence-corrected chi connectivity index (χ4v) is 3.15. The quantitative estimate of drug-likeness (QED) is 0.728. The number of amides is 3. The third-order valence-electron chi connectivity index (χ3n) is 4.46. The SMILES string of the molecule is COc1ccc(N2CCN(CC(=O)Nc3cc(Cl)ccc3OC)C(=O)C2=O)cc1. The summed E-state index contributed by atoms with van der Waals surface area (Å²) in [7, 11) is 3.02. The van der Waals surface area contributed by atoms with Crippen LogP contribution in [0.15, 0.2) is 42.5 Å². The van der Waals surface area contributed by atoms with Crippen molar-refractivity contribution in [3.8, 4) is 11.5 Å². The van der Waals surface area contributed by atoms with Crippen molar-refractivity contribution < 1.29 is 23.9 Å². The Balaban J connectivity index is 1.64. The van der Waals surface area contributed by atoms with E-state index >= 15 is 0 Å². The third-order valence-corrected chi connectivity index (χ3v) is 4.70. The second-order valence-corrected chi connectivity index (χ2v) is 6.71. The highest BCUT2D eigenvalue weighted by molar-refractivity contribution is 6.41. The van der Waals surface area contributed by atoms with Crippen molar-refractivity contribution >= 4 is 40.7 Å². The lowest BCUT2D eigenvalue weighted by Gasteiger charge is -2.33. The molecule has 8 nitrogen and oxygen atoms in total. The van der Waals surface area contributed by atoms with Gasteiger partial charge in [-0.3, -0.25) is 14.4 Å². The number of hydrogen-bond donors (Lipinski definition) is 1. The number of anilines is 2. The minimum absolute atomic E-state index is 0.233. The Hall–Kier alpha value is -3.26. The molecule has 0 atom stereocenters. The van der Waals surface area contributed by atoms with Gasteiger partial charge in [-0.05, 0) is 42.5 Å². The Bertz CT molecular complexity index is 932. The van der Waals surface area contributed by atoms with E-state index in [0.29, 0.717) is 27.9 Å². The van der Waals surface area contributed by atoms with Crippen LogP contribution in [0.5, 0.6) is 11.5 Å². The Labute approximate surface area is 172 Å². The summed E-state index contributed by atoms with van der Waals surface area (Å²) >= 11 is 5.96. The molecule has 0 unspecified atom stereocenters. The Kier molecular flexibility index (Phi) is 6.23. The van der Waals surface area contributed by atoms with E-state index in [0.717, 1.165) is 0 Å². The normalized spacial score (nSPS) is 14.0. The highest BCUT2D eigenvalue weighted by atomic mass is 35.5. The molecule has 1 heterocycles. The van der Waals surface area contributed by atoms with Crippen LogP contribution in [0.4, 0.5) is 11.4 Å². The number of methoxy groups -OCH3 is 2. The number of piperazine rings is 1. The number of nitrogens with one attached hydrogen (secondary N) is 1. The molecule has 1 saturated heterocycles. The van der Waals surface area contributed by atoms with Crippen LogP contribution in [-0.4, -0.2) is 56.5 Å². The van der Waals surface area contributed by atoms with Gasteiger partial charge in [0, 0.05) is 23.8 Å². The highest BCUT2D eigenvalue weighted by Gasteiger charge is 2.34. The van der Waals surface area contributed by atoms with Crippen molar-refractivity contribution in [3.63, 3.8) is 0 Å². The molecule has 0 aromatic heterocycles. The van der Waals surface area contributed by atoms with Crippen LogP contribution < -0.4 is 19.7 Å². The molecule has 3 rings (SSSR count). The second kappa shape index (κ2) is 8.83. The van der Waals surface area contributed by atoms with Gasteiger partial charge in [0.2, 0.25) is 5.91 Å². The lowest BCUT2D eigenvalue weighted by Crippen LogP contribution is -2.56. The first-order chi connectivity index (χ1) is 13.9. The summed E-state index contributed by atoms with van der Waals surface area (Å²) in [6.45, 7) is 0.262. The molecular weight excluding hydrogens is 398 g/mol. The van der Waals surface area contributed by atoms with E-state index < -0.39 is 17.7 Å². The first kappa shape index (κ1) is 20.5. The first-order valence-corrected chi connectivity index (χ1v) is 9.19. The van der Waals surface area contributed by atoms with E-state index in [-0.39, 0.29) is 19.6 Å². The van der Waals surface area contributed by atoms with Crippen molar-refractivity contribution in [3.05, 3.63) is 47.5 Å². The van der Waals surface area contributed by atoms with Crippen LogP contribution in [0.25, 0.3) is 0 Å². The molecule has 0 saturated carbocycles. The number of nitrogens with zero attached hydrogens (tertiary/aromatic N) is 2. The lowest BCUT2D eigenvalue weighted by molar-refractivity contribution is -0.147. The molecule has 0 bridgehead atoms. The summed E-state index contributed by atoms with van der Waals surface area (Å²) in [6, 6.07) is 11.6. The predicted molar refractivity (Wildman–Crippen MR) is 109 cm³/mol. The Morgan fingerprint density at radius 3 is 2.41 bits per heavy atom. The zero-order valence-electron chi connectivity index (χ0n) is 16.0. The summed E-state index contributed by atoms with van der Waals surface area (Å²) in [5.74, 6) is -0.784. The average Bonchev–Trinajstić information content (AvgIpc) is 2.72. The third kappa shape index (κ3) is 4.60. The minimum Gasteiger partial charge on any atom is -0.497 e. The summed E-state index contributed by atoms with van der Waals surface area (Å²) in [5.41, 5.74) is 0.984. The summed E-state index contributed by atoms with van der Waals surface area (Å²) in [4.78, 5) is 40.0. The predicted octanol–water partition coefficient (Wildman–Crippen LogP) is 2.17. The zero-order valence-corrected chi connectivity index (χ0v) is 16.7. The minimum atomic E-state index is -0.736. The number of hydrogen-bond acceptors (Lipinski definition) is 5. The van der Waals surface area contributed by atoms with Gasteiger partial charge in [0.15, 0.2) is 0 Å². The molecule has 1 fully saturated rings. The van der Waals surface area contributed by atoms with Crippen LogP contribution >= 0.6 is 11.6 Å². The maximum atomic E-state index is 12.5. The monoisotopic (exact) mass is 417 g/mol. The summed E-state index contributed by atoms with van der Waals surface area (Å²) in [6.07, 6.45) is 0. The van der Waals surface area contributed by atoms with E-state index in [9.17, 15) is 14.4 Å². The zero-order chi connectivity index (χ0) is 21.0. The molecule has 152 valence electrons. The standard InChI is InChI=1S/C20H20ClN3O5/c1-28-15-6-4-14(5-7-15)24-10-9-23(19(26)20(24)27)12-18(25)22-16-11-13(21)3-8-17(16)29-2/h3-8,11H,9-10,12H2,1-2H3,(H,22,25). The average molecular weight is 418 g/mol. The number of carbonyl (C=O) groups excluding carboxylic acids is 3. The van der Waals surface area contributed by atoms with E-state index in [1.165, 1.54) is 16.9 Å². The summed E-state index contributed by atoms with van der Waals surface area (Å²) in [5, 5.41) is 3.09. The van der Waals surface area contributed by atoms with E-state index in [2.05, 4.69) is 5.32 Å². The molecule has 0 spiro atoms.